The predicted octanol–water partition coefficient (Wildman–Crippen LogP) is 2.48. The first-order valence-corrected chi connectivity index (χ1v) is 7.83. The molecule has 0 unspecified atom stereocenters. The second kappa shape index (κ2) is 6.34. The number of hydrogen-bond donors (Lipinski definition) is 1. The third-order valence-electron chi connectivity index (χ3n) is 3.00. The van der Waals surface area contributed by atoms with Gasteiger partial charge in [0, 0.05) is 13.6 Å². The Kier molecular flexibility index (Phi) is 4.72. The minimum absolute atomic E-state index is 0.00392. The zero-order valence-corrected chi connectivity index (χ0v) is 13.4. The minimum atomic E-state index is -0.846. The van der Waals surface area contributed by atoms with Gasteiger partial charge >= 0.3 is 5.97 Å². The van der Waals surface area contributed by atoms with Gasteiger partial charge in [0.25, 0.3) is 0 Å². The second-order valence-electron chi connectivity index (χ2n) is 5.11. The van der Waals surface area contributed by atoms with E-state index in [0.29, 0.717) is 11.7 Å². The van der Waals surface area contributed by atoms with Gasteiger partial charge in [-0.2, -0.15) is 5.10 Å². The lowest BCUT2D eigenvalue weighted by Gasteiger charge is -2.08. The first-order chi connectivity index (χ1) is 9.93. The van der Waals surface area contributed by atoms with Crippen LogP contribution in [0.15, 0.2) is 17.3 Å². The molecule has 0 aliphatic carbocycles. The number of rotatable bonds is 7. The monoisotopic (exact) mass is 308 g/mol. The number of allylic oxidation sites excluding steroid dienone is 1. The van der Waals surface area contributed by atoms with E-state index in [0.717, 1.165) is 35.3 Å². The van der Waals surface area contributed by atoms with Gasteiger partial charge in [0.1, 0.15) is 5.52 Å². The van der Waals surface area contributed by atoms with Crippen LogP contribution in [0.2, 0.25) is 0 Å². The van der Waals surface area contributed by atoms with Crippen molar-refractivity contribution in [1.82, 2.24) is 19.3 Å². The van der Waals surface area contributed by atoms with E-state index < -0.39 is 5.97 Å². The van der Waals surface area contributed by atoms with Crippen LogP contribution in [0.25, 0.3) is 11.2 Å². The number of nitrogens with zero attached hydrogens (tertiary/aromatic N) is 4. The van der Waals surface area contributed by atoms with Gasteiger partial charge in [-0.1, -0.05) is 37.3 Å². The largest absolute Gasteiger partial charge is 0.481 e. The maximum Gasteiger partial charge on any atom is 0.313 e. The summed E-state index contributed by atoms with van der Waals surface area (Å²) in [6.07, 6.45) is 1.86. The van der Waals surface area contributed by atoms with Crippen molar-refractivity contribution in [3.63, 3.8) is 0 Å². The molecule has 21 heavy (non-hydrogen) atoms. The fourth-order valence-electron chi connectivity index (χ4n) is 2.28. The molecule has 0 spiro atoms. The van der Waals surface area contributed by atoms with E-state index in [1.165, 1.54) is 11.8 Å². The molecule has 0 saturated heterocycles. The van der Waals surface area contributed by atoms with Crippen molar-refractivity contribution >= 4 is 28.9 Å². The molecular formula is C14H20N4O2S. The third-order valence-corrected chi connectivity index (χ3v) is 3.96. The molecule has 0 atom stereocenters. The SMILES string of the molecule is C=C(C)Cn1c(SCC(=O)O)nc2c(CCC)nn(C)c21. The molecule has 114 valence electrons. The van der Waals surface area contributed by atoms with Gasteiger partial charge in [-0.3, -0.25) is 14.0 Å². The summed E-state index contributed by atoms with van der Waals surface area (Å²) in [5.74, 6) is -0.850. The zero-order chi connectivity index (χ0) is 15.6. The zero-order valence-electron chi connectivity index (χ0n) is 12.6. The number of carbonyl (C=O) groups is 1. The molecule has 2 aromatic rings. The summed E-state index contributed by atoms with van der Waals surface area (Å²) in [6.45, 7) is 8.60. The average molecular weight is 308 g/mol. The number of aryl methyl sites for hydroxylation is 2. The summed E-state index contributed by atoms with van der Waals surface area (Å²) in [5, 5.41) is 14.1. The maximum atomic E-state index is 10.8. The molecule has 0 amide bonds. The van der Waals surface area contributed by atoms with Crippen molar-refractivity contribution in [3.8, 4) is 0 Å². The van der Waals surface area contributed by atoms with Gasteiger partial charge < -0.3 is 5.11 Å². The van der Waals surface area contributed by atoms with E-state index in [2.05, 4.69) is 23.6 Å². The summed E-state index contributed by atoms with van der Waals surface area (Å²) < 4.78 is 3.82. The van der Waals surface area contributed by atoms with Crippen LogP contribution >= 0.6 is 11.8 Å². The van der Waals surface area contributed by atoms with Crippen molar-refractivity contribution in [3.05, 3.63) is 17.8 Å². The molecule has 0 radical (unpaired) electrons. The Morgan fingerprint density at radius 3 is 2.76 bits per heavy atom. The molecule has 0 aliphatic rings. The number of hydrogen-bond acceptors (Lipinski definition) is 4. The number of imidazole rings is 1. The third kappa shape index (κ3) is 3.29. The molecule has 6 nitrogen and oxygen atoms in total. The van der Waals surface area contributed by atoms with Crippen LogP contribution in [0.3, 0.4) is 0 Å². The van der Waals surface area contributed by atoms with E-state index >= 15 is 0 Å². The Morgan fingerprint density at radius 1 is 1.48 bits per heavy atom. The number of thioether (sulfide) groups is 1. The Bertz CT molecular complexity index is 687. The van der Waals surface area contributed by atoms with Gasteiger partial charge in [0.15, 0.2) is 10.8 Å². The number of aromatic nitrogens is 4. The summed E-state index contributed by atoms with van der Waals surface area (Å²) >= 11 is 1.23. The fraction of sp³-hybridized carbons (Fsp3) is 0.500. The number of carboxylic acid groups (broad SMARTS) is 1. The Morgan fingerprint density at radius 2 is 2.19 bits per heavy atom. The molecule has 2 heterocycles. The van der Waals surface area contributed by atoms with Crippen LogP contribution in [0.5, 0.6) is 0 Å². The Balaban J connectivity index is 2.52. The van der Waals surface area contributed by atoms with Crippen molar-refractivity contribution in [2.24, 2.45) is 7.05 Å². The molecule has 0 bridgehead atoms. The lowest BCUT2D eigenvalue weighted by atomic mass is 10.2. The van der Waals surface area contributed by atoms with Crippen LogP contribution in [0.1, 0.15) is 26.0 Å². The molecule has 2 aromatic heterocycles. The van der Waals surface area contributed by atoms with Gasteiger partial charge in [0.2, 0.25) is 0 Å². The minimum Gasteiger partial charge on any atom is -0.481 e. The van der Waals surface area contributed by atoms with Crippen molar-refractivity contribution in [2.45, 2.75) is 38.4 Å². The second-order valence-corrected chi connectivity index (χ2v) is 6.06. The van der Waals surface area contributed by atoms with E-state index in [4.69, 9.17) is 5.11 Å². The smallest absolute Gasteiger partial charge is 0.313 e. The number of carboxylic acids is 1. The summed E-state index contributed by atoms with van der Waals surface area (Å²) in [4.78, 5) is 15.4. The first kappa shape index (κ1) is 15.6. The Hall–Kier alpha value is -1.76. The molecule has 0 saturated carbocycles. The summed E-state index contributed by atoms with van der Waals surface area (Å²) in [7, 11) is 1.89. The molecule has 0 aliphatic heterocycles. The predicted molar refractivity (Wildman–Crippen MR) is 83.7 cm³/mol. The summed E-state index contributed by atoms with van der Waals surface area (Å²) in [5.41, 5.74) is 3.75. The van der Waals surface area contributed by atoms with Gasteiger partial charge in [-0.25, -0.2) is 4.98 Å². The maximum absolute atomic E-state index is 10.8. The molecule has 0 aromatic carbocycles. The van der Waals surface area contributed by atoms with E-state index in [-0.39, 0.29) is 5.75 Å². The normalized spacial score (nSPS) is 11.2. The van der Waals surface area contributed by atoms with Crippen LogP contribution in [-0.4, -0.2) is 36.2 Å². The molecule has 7 heteroatoms. The van der Waals surface area contributed by atoms with Crippen LogP contribution in [-0.2, 0) is 24.8 Å². The van der Waals surface area contributed by atoms with Gasteiger partial charge in [-0.15, -0.1) is 0 Å². The average Bonchev–Trinajstić information content (AvgIpc) is 2.87. The van der Waals surface area contributed by atoms with Crippen LogP contribution in [0.4, 0.5) is 0 Å². The number of aliphatic carboxylic acids is 1. The van der Waals surface area contributed by atoms with Crippen molar-refractivity contribution in [1.29, 1.82) is 0 Å². The highest BCUT2D eigenvalue weighted by Crippen LogP contribution is 2.27. The molecule has 2 rings (SSSR count). The lowest BCUT2D eigenvalue weighted by molar-refractivity contribution is -0.133. The summed E-state index contributed by atoms with van der Waals surface area (Å²) in [6, 6.07) is 0. The van der Waals surface area contributed by atoms with Crippen molar-refractivity contribution < 1.29 is 9.90 Å². The highest BCUT2D eigenvalue weighted by Gasteiger charge is 2.19. The fourth-order valence-corrected chi connectivity index (χ4v) is 2.99. The topological polar surface area (TPSA) is 72.9 Å². The van der Waals surface area contributed by atoms with Crippen LogP contribution < -0.4 is 0 Å². The van der Waals surface area contributed by atoms with Gasteiger partial charge in [0.05, 0.1) is 11.4 Å². The molecule has 1 N–H and O–H groups in total. The quantitative estimate of drug-likeness (QED) is 0.628. The lowest BCUT2D eigenvalue weighted by Crippen LogP contribution is -2.07. The van der Waals surface area contributed by atoms with Crippen molar-refractivity contribution in [2.75, 3.05) is 5.75 Å². The Labute approximate surface area is 127 Å². The van der Waals surface area contributed by atoms with Gasteiger partial charge in [-0.05, 0) is 13.3 Å². The van der Waals surface area contributed by atoms with E-state index in [1.807, 2.05) is 23.2 Å². The highest BCUT2D eigenvalue weighted by molar-refractivity contribution is 7.99. The molecular weight excluding hydrogens is 288 g/mol. The molecule has 0 fully saturated rings. The van der Waals surface area contributed by atoms with E-state index in [9.17, 15) is 4.79 Å². The first-order valence-electron chi connectivity index (χ1n) is 6.85. The standard InChI is InChI=1S/C14H20N4O2S/c1-5-6-10-12-13(17(4)16-10)18(7-9(2)3)14(15-12)21-8-11(19)20/h2,5-8H2,1,3-4H3,(H,19,20). The van der Waals surface area contributed by atoms with Crippen LogP contribution in [0, 0.1) is 0 Å². The number of fused-ring (bicyclic) bond motifs is 1. The van der Waals surface area contributed by atoms with E-state index in [1.54, 1.807) is 0 Å². The highest BCUT2D eigenvalue weighted by atomic mass is 32.2.